The van der Waals surface area contributed by atoms with Gasteiger partial charge < -0.3 is 14.3 Å². The number of benzene rings is 2. The van der Waals surface area contributed by atoms with E-state index in [2.05, 4.69) is 20.6 Å². The van der Waals surface area contributed by atoms with Crippen LogP contribution in [-0.2, 0) is 0 Å². The highest BCUT2D eigenvalue weighted by molar-refractivity contribution is 7.17. The first kappa shape index (κ1) is 22.5. The molecule has 0 aliphatic carbocycles. The molecular weight excluding hydrogens is 462 g/mol. The van der Waals surface area contributed by atoms with Crippen molar-refractivity contribution in [2.24, 2.45) is 0 Å². The van der Waals surface area contributed by atoms with Gasteiger partial charge in [-0.15, -0.1) is 11.3 Å². The number of aromatic nitrogens is 3. The van der Waals surface area contributed by atoms with E-state index in [1.54, 1.807) is 24.4 Å². The van der Waals surface area contributed by atoms with Gasteiger partial charge in [-0.3, -0.25) is 14.9 Å². The Labute approximate surface area is 205 Å². The Kier molecular flexibility index (Phi) is 6.15. The van der Waals surface area contributed by atoms with Crippen LogP contribution in [0.5, 0.6) is 0 Å². The zero-order chi connectivity index (χ0) is 24.4. The molecule has 176 valence electrons. The maximum Gasteiger partial charge on any atom is 0.268 e. The Morgan fingerprint density at radius 3 is 2.66 bits per heavy atom. The zero-order valence-corrected chi connectivity index (χ0v) is 20.0. The first-order valence-electron chi connectivity index (χ1n) is 11.1. The molecule has 0 radical (unpaired) electrons. The molecule has 0 atom stereocenters. The minimum atomic E-state index is -0.246. The molecule has 0 bridgehead atoms. The van der Waals surface area contributed by atoms with Crippen LogP contribution in [0.4, 0.5) is 11.6 Å². The lowest BCUT2D eigenvalue weighted by atomic mass is 10.1. The van der Waals surface area contributed by atoms with Gasteiger partial charge in [-0.1, -0.05) is 30.3 Å². The molecule has 5 aromatic rings. The van der Waals surface area contributed by atoms with Gasteiger partial charge in [-0.25, -0.2) is 9.97 Å². The molecule has 8 nitrogen and oxygen atoms in total. The van der Waals surface area contributed by atoms with E-state index in [0.29, 0.717) is 22.1 Å². The Morgan fingerprint density at radius 2 is 1.91 bits per heavy atom. The van der Waals surface area contributed by atoms with Gasteiger partial charge >= 0.3 is 0 Å². The molecule has 0 fully saturated rings. The summed E-state index contributed by atoms with van der Waals surface area (Å²) in [4.78, 5) is 35.4. The quantitative estimate of drug-likeness (QED) is 0.266. The number of nitrogens with zero attached hydrogens (tertiary/aromatic N) is 3. The number of carbonyl (C=O) groups excluding carboxylic acids is 2. The number of hydrogen-bond acceptors (Lipinski definition) is 7. The van der Waals surface area contributed by atoms with E-state index in [0.717, 1.165) is 21.6 Å². The van der Waals surface area contributed by atoms with E-state index in [1.807, 2.05) is 60.9 Å². The number of hydrogen-bond donors (Lipinski definition) is 2. The number of Topliss-reactive ketones (excluding diaryl/α,β-unsaturated/α-hetero) is 1. The molecule has 0 saturated carbocycles. The highest BCUT2D eigenvalue weighted by Crippen LogP contribution is 2.30. The van der Waals surface area contributed by atoms with Crippen molar-refractivity contribution in [1.82, 2.24) is 14.5 Å². The number of imidazole rings is 1. The number of anilines is 2. The van der Waals surface area contributed by atoms with Gasteiger partial charge in [0.2, 0.25) is 5.95 Å². The van der Waals surface area contributed by atoms with Crippen LogP contribution in [0.3, 0.4) is 0 Å². The molecule has 0 saturated heterocycles. The molecule has 0 unspecified atom stereocenters. The Bertz CT molecular complexity index is 1490. The first-order valence-corrected chi connectivity index (χ1v) is 12.0. The lowest BCUT2D eigenvalue weighted by molar-refractivity contribution is 0.100. The monoisotopic (exact) mass is 485 g/mol. The highest BCUT2D eigenvalue weighted by atomic mass is 32.1. The summed E-state index contributed by atoms with van der Waals surface area (Å²) in [6.45, 7) is 4.25. The minimum absolute atomic E-state index is 0.00649. The van der Waals surface area contributed by atoms with Gasteiger partial charge in [0.05, 0.1) is 33.5 Å². The van der Waals surface area contributed by atoms with Crippen LogP contribution in [0, 0.1) is 0 Å². The molecule has 0 aliphatic heterocycles. The third-order valence-electron chi connectivity index (χ3n) is 5.49. The molecule has 2 N–H and O–H groups in total. The summed E-state index contributed by atoms with van der Waals surface area (Å²) in [5.41, 5.74) is 3.06. The Morgan fingerprint density at radius 1 is 1.09 bits per heavy atom. The highest BCUT2D eigenvalue weighted by Gasteiger charge is 2.19. The smallest absolute Gasteiger partial charge is 0.268 e. The molecule has 5 rings (SSSR count). The number of oxazole rings is 1. The van der Waals surface area contributed by atoms with Crippen LogP contribution in [-0.4, -0.2) is 32.8 Å². The fraction of sp³-hybridized carbons (Fsp3) is 0.154. The average Bonchev–Trinajstić information content (AvgIpc) is 3.62. The van der Waals surface area contributed by atoms with Gasteiger partial charge in [0.15, 0.2) is 17.9 Å². The van der Waals surface area contributed by atoms with Crippen molar-refractivity contribution in [3.63, 3.8) is 0 Å². The van der Waals surface area contributed by atoms with Gasteiger partial charge in [0.1, 0.15) is 0 Å². The van der Waals surface area contributed by atoms with Crippen molar-refractivity contribution in [3.05, 3.63) is 83.7 Å². The van der Waals surface area contributed by atoms with Crippen molar-refractivity contribution >= 4 is 45.7 Å². The second-order valence-electron chi connectivity index (χ2n) is 8.23. The van der Waals surface area contributed by atoms with Crippen LogP contribution in [0.1, 0.15) is 39.9 Å². The van der Waals surface area contributed by atoms with Crippen LogP contribution >= 0.6 is 11.3 Å². The summed E-state index contributed by atoms with van der Waals surface area (Å²) in [6.07, 6.45) is 2.98. The number of fused-ring (bicyclic) bond motifs is 1. The lowest BCUT2D eigenvalue weighted by Gasteiger charge is -2.13. The van der Waals surface area contributed by atoms with Crippen LogP contribution < -0.4 is 10.6 Å². The molecule has 0 aliphatic rings. The standard InChI is InChI=1S/C26H23N5O3S/c1-16(2)31-20-9-8-18(28-13-21(32)17-6-4-3-5-7-17)12-19(20)29-26(31)30-25(33)24-11-10-23(35-24)22-14-27-15-34-22/h3-12,14-16,28H,13H2,1-2H3,(H,29,30,33). The SMILES string of the molecule is CC(C)n1c(NC(=O)c2ccc(-c3cnco3)s2)nc2cc(NCC(=O)c3ccccc3)ccc21. The van der Waals surface area contributed by atoms with Crippen LogP contribution in [0.25, 0.3) is 21.7 Å². The van der Waals surface area contributed by atoms with Gasteiger partial charge in [-0.2, -0.15) is 0 Å². The molecule has 35 heavy (non-hydrogen) atoms. The summed E-state index contributed by atoms with van der Waals surface area (Å²) in [7, 11) is 0. The number of carbonyl (C=O) groups is 2. The average molecular weight is 486 g/mol. The topological polar surface area (TPSA) is 102 Å². The largest absolute Gasteiger partial charge is 0.443 e. The fourth-order valence-corrected chi connectivity index (χ4v) is 4.68. The fourth-order valence-electron chi connectivity index (χ4n) is 3.82. The van der Waals surface area contributed by atoms with E-state index in [9.17, 15) is 9.59 Å². The maximum atomic E-state index is 13.0. The Balaban J connectivity index is 1.36. The first-order chi connectivity index (χ1) is 17.0. The summed E-state index contributed by atoms with van der Waals surface area (Å²) in [6, 6.07) is 18.6. The summed E-state index contributed by atoms with van der Waals surface area (Å²) >= 11 is 1.32. The minimum Gasteiger partial charge on any atom is -0.443 e. The number of nitrogens with one attached hydrogen (secondary N) is 2. The van der Waals surface area contributed by atoms with E-state index in [4.69, 9.17) is 4.42 Å². The van der Waals surface area contributed by atoms with Crippen molar-refractivity contribution in [2.45, 2.75) is 19.9 Å². The van der Waals surface area contributed by atoms with E-state index in [1.165, 1.54) is 17.7 Å². The Hall–Kier alpha value is -4.24. The third kappa shape index (κ3) is 4.71. The van der Waals surface area contributed by atoms with E-state index < -0.39 is 0 Å². The normalized spacial score (nSPS) is 11.2. The summed E-state index contributed by atoms with van der Waals surface area (Å²) < 4.78 is 7.30. The molecular formula is C26H23N5O3S. The predicted octanol–water partition coefficient (Wildman–Crippen LogP) is 5.88. The van der Waals surface area contributed by atoms with E-state index in [-0.39, 0.29) is 24.3 Å². The number of thiophene rings is 1. The van der Waals surface area contributed by atoms with Crippen LogP contribution in [0.2, 0.25) is 0 Å². The van der Waals surface area contributed by atoms with Gasteiger partial charge in [-0.05, 0) is 44.2 Å². The second kappa shape index (κ2) is 9.55. The van der Waals surface area contributed by atoms with Crippen molar-refractivity contribution in [3.8, 4) is 10.6 Å². The molecule has 3 aromatic heterocycles. The molecule has 3 heterocycles. The third-order valence-corrected chi connectivity index (χ3v) is 6.58. The van der Waals surface area contributed by atoms with Crippen molar-refractivity contribution < 1.29 is 14.0 Å². The van der Waals surface area contributed by atoms with Crippen molar-refractivity contribution in [2.75, 3.05) is 17.2 Å². The van der Waals surface area contributed by atoms with Crippen LogP contribution in [0.15, 0.2) is 77.7 Å². The number of rotatable bonds is 8. The number of amides is 1. The van der Waals surface area contributed by atoms with Gasteiger partial charge in [0, 0.05) is 17.3 Å². The molecule has 9 heteroatoms. The molecule has 2 aromatic carbocycles. The second-order valence-corrected chi connectivity index (χ2v) is 9.31. The molecule has 0 spiro atoms. The summed E-state index contributed by atoms with van der Waals surface area (Å²) in [5.74, 6) is 0.846. The lowest BCUT2D eigenvalue weighted by Crippen LogP contribution is -2.15. The molecule has 1 amide bonds. The predicted molar refractivity (Wildman–Crippen MR) is 137 cm³/mol. The van der Waals surface area contributed by atoms with Gasteiger partial charge in [0.25, 0.3) is 5.91 Å². The summed E-state index contributed by atoms with van der Waals surface area (Å²) in [5, 5.41) is 6.13. The number of ketones is 1. The zero-order valence-electron chi connectivity index (χ0n) is 19.2. The van der Waals surface area contributed by atoms with Crippen molar-refractivity contribution in [1.29, 1.82) is 0 Å². The maximum absolute atomic E-state index is 13.0. The van der Waals surface area contributed by atoms with E-state index >= 15 is 0 Å².